The normalized spacial score (nSPS) is 13.0. The molecule has 3 amide bonds. The van der Waals surface area contributed by atoms with Crippen molar-refractivity contribution in [2.75, 3.05) is 13.1 Å². The molecule has 2 aromatic carbocycles. The van der Waals surface area contributed by atoms with Crippen LogP contribution in [0.5, 0.6) is 0 Å². The molecule has 1 aliphatic rings. The Morgan fingerprint density at radius 2 is 1.54 bits per heavy atom. The van der Waals surface area contributed by atoms with Gasteiger partial charge in [-0.3, -0.25) is 19.3 Å². The summed E-state index contributed by atoms with van der Waals surface area (Å²) >= 11 is 6.13. The molecule has 0 saturated heterocycles. The Morgan fingerprint density at radius 3 is 2.21 bits per heavy atom. The number of benzene rings is 2. The molecule has 0 aliphatic carbocycles. The molecule has 5 nitrogen and oxygen atoms in total. The van der Waals surface area contributed by atoms with E-state index in [0.717, 1.165) is 29.8 Å². The largest absolute Gasteiger partial charge is 0.356 e. The van der Waals surface area contributed by atoms with E-state index in [-0.39, 0.29) is 30.7 Å². The summed E-state index contributed by atoms with van der Waals surface area (Å²) in [7, 11) is 0. The third-order valence-corrected chi connectivity index (χ3v) is 5.19. The van der Waals surface area contributed by atoms with Gasteiger partial charge in [-0.15, -0.1) is 0 Å². The number of aryl methyl sites for hydroxylation is 1. The number of fused-ring (bicyclic) bond motifs is 1. The Morgan fingerprint density at radius 1 is 0.893 bits per heavy atom. The summed E-state index contributed by atoms with van der Waals surface area (Å²) in [4.78, 5) is 37.7. The average molecular weight is 399 g/mol. The molecule has 0 aromatic heterocycles. The molecule has 2 aromatic rings. The first kappa shape index (κ1) is 20.1. The molecule has 0 fully saturated rings. The van der Waals surface area contributed by atoms with Crippen LogP contribution in [0.25, 0.3) is 0 Å². The van der Waals surface area contributed by atoms with E-state index < -0.39 is 0 Å². The number of hydrogen-bond acceptors (Lipinski definition) is 3. The molecule has 3 rings (SSSR count). The zero-order valence-electron chi connectivity index (χ0n) is 15.6. The van der Waals surface area contributed by atoms with Gasteiger partial charge in [0.25, 0.3) is 11.8 Å². The van der Waals surface area contributed by atoms with Crippen molar-refractivity contribution in [1.82, 2.24) is 10.2 Å². The van der Waals surface area contributed by atoms with Crippen LogP contribution in [0.15, 0.2) is 48.5 Å². The van der Waals surface area contributed by atoms with E-state index in [4.69, 9.17) is 11.6 Å². The Balaban J connectivity index is 1.32. The lowest BCUT2D eigenvalue weighted by atomic mass is 10.1. The Hall–Kier alpha value is -2.66. The summed E-state index contributed by atoms with van der Waals surface area (Å²) < 4.78 is 0. The van der Waals surface area contributed by atoms with Gasteiger partial charge in [0, 0.05) is 24.5 Å². The van der Waals surface area contributed by atoms with Gasteiger partial charge in [-0.05, 0) is 49.4 Å². The molecule has 28 heavy (non-hydrogen) atoms. The predicted octanol–water partition coefficient (Wildman–Crippen LogP) is 3.86. The number of unbranched alkanes of at least 4 members (excludes halogenated alkanes) is 1. The van der Waals surface area contributed by atoms with Crippen molar-refractivity contribution < 1.29 is 14.4 Å². The van der Waals surface area contributed by atoms with Crippen LogP contribution >= 0.6 is 11.6 Å². The zero-order chi connectivity index (χ0) is 19.9. The fourth-order valence-electron chi connectivity index (χ4n) is 3.30. The van der Waals surface area contributed by atoms with E-state index in [1.165, 1.54) is 4.90 Å². The number of nitrogens with zero attached hydrogens (tertiary/aromatic N) is 1. The Kier molecular flexibility index (Phi) is 6.82. The minimum absolute atomic E-state index is 0.0608. The van der Waals surface area contributed by atoms with Crippen LogP contribution in [0.2, 0.25) is 5.02 Å². The van der Waals surface area contributed by atoms with Crippen LogP contribution in [0.1, 0.15) is 52.0 Å². The summed E-state index contributed by atoms with van der Waals surface area (Å²) in [6.45, 7) is 0.864. The van der Waals surface area contributed by atoms with E-state index in [9.17, 15) is 14.4 Å². The van der Waals surface area contributed by atoms with Gasteiger partial charge in [0.05, 0.1) is 11.1 Å². The highest BCUT2D eigenvalue weighted by Gasteiger charge is 2.34. The van der Waals surface area contributed by atoms with Crippen molar-refractivity contribution in [1.29, 1.82) is 0 Å². The van der Waals surface area contributed by atoms with Crippen LogP contribution in [0.4, 0.5) is 0 Å². The van der Waals surface area contributed by atoms with Crippen molar-refractivity contribution in [2.45, 2.75) is 32.1 Å². The van der Waals surface area contributed by atoms with Gasteiger partial charge in [-0.25, -0.2) is 0 Å². The minimum Gasteiger partial charge on any atom is -0.356 e. The standard InChI is InChI=1S/C22H23ClN2O3/c23-19-12-4-1-8-16(19)9-5-6-14-24-20(26)13-7-15-25-21(27)17-10-2-3-11-18(17)22(25)28/h1-4,8,10-12H,5-7,9,13-15H2,(H,24,26). The molecule has 6 heteroatoms. The third-order valence-electron chi connectivity index (χ3n) is 4.82. The summed E-state index contributed by atoms with van der Waals surface area (Å²) in [6.07, 6.45) is 3.44. The second-order valence-electron chi connectivity index (χ2n) is 6.81. The number of rotatable bonds is 9. The van der Waals surface area contributed by atoms with Gasteiger partial charge in [-0.1, -0.05) is 41.9 Å². The first-order chi connectivity index (χ1) is 13.6. The third kappa shape index (κ3) is 4.78. The second-order valence-corrected chi connectivity index (χ2v) is 7.22. The van der Waals surface area contributed by atoms with E-state index >= 15 is 0 Å². The first-order valence-electron chi connectivity index (χ1n) is 9.53. The maximum absolute atomic E-state index is 12.3. The van der Waals surface area contributed by atoms with E-state index in [2.05, 4.69) is 5.32 Å². The molecule has 0 saturated carbocycles. The topological polar surface area (TPSA) is 66.5 Å². The van der Waals surface area contributed by atoms with Crippen molar-refractivity contribution >= 4 is 29.3 Å². The fraction of sp³-hybridized carbons (Fsp3) is 0.318. The number of carbonyl (C=O) groups excluding carboxylic acids is 3. The number of amides is 3. The van der Waals surface area contributed by atoms with E-state index in [1.807, 2.05) is 24.3 Å². The van der Waals surface area contributed by atoms with Gasteiger partial charge in [0.2, 0.25) is 5.91 Å². The minimum atomic E-state index is -0.277. The van der Waals surface area contributed by atoms with E-state index in [1.54, 1.807) is 24.3 Å². The number of nitrogens with one attached hydrogen (secondary N) is 1. The molecular weight excluding hydrogens is 376 g/mol. The van der Waals surface area contributed by atoms with Crippen LogP contribution in [-0.2, 0) is 11.2 Å². The summed E-state index contributed by atoms with van der Waals surface area (Å²) in [6, 6.07) is 14.6. The number of carbonyl (C=O) groups is 3. The maximum atomic E-state index is 12.3. The highest BCUT2D eigenvalue weighted by molar-refractivity contribution is 6.31. The molecule has 0 radical (unpaired) electrons. The molecule has 0 atom stereocenters. The average Bonchev–Trinajstić information content (AvgIpc) is 2.94. The molecule has 1 N–H and O–H groups in total. The Bertz CT molecular complexity index is 847. The highest BCUT2D eigenvalue weighted by Crippen LogP contribution is 2.22. The highest BCUT2D eigenvalue weighted by atomic mass is 35.5. The molecule has 1 heterocycles. The Labute approximate surface area is 169 Å². The lowest BCUT2D eigenvalue weighted by Crippen LogP contribution is -2.32. The van der Waals surface area contributed by atoms with Crippen molar-refractivity contribution in [3.63, 3.8) is 0 Å². The van der Waals surface area contributed by atoms with Crippen LogP contribution in [-0.4, -0.2) is 35.7 Å². The molecular formula is C22H23ClN2O3. The van der Waals surface area contributed by atoms with Crippen molar-refractivity contribution in [3.8, 4) is 0 Å². The lowest BCUT2D eigenvalue weighted by Gasteiger charge is -2.13. The molecule has 0 unspecified atom stereocenters. The predicted molar refractivity (Wildman–Crippen MR) is 108 cm³/mol. The zero-order valence-corrected chi connectivity index (χ0v) is 16.4. The molecule has 146 valence electrons. The van der Waals surface area contributed by atoms with E-state index in [0.29, 0.717) is 24.1 Å². The summed E-state index contributed by atoms with van der Waals surface area (Å²) in [5, 5.41) is 3.67. The van der Waals surface area contributed by atoms with Crippen LogP contribution in [0, 0.1) is 0 Å². The fourth-order valence-corrected chi connectivity index (χ4v) is 3.53. The van der Waals surface area contributed by atoms with Crippen LogP contribution in [0.3, 0.4) is 0 Å². The number of halogens is 1. The number of hydrogen-bond donors (Lipinski definition) is 1. The molecule has 1 aliphatic heterocycles. The van der Waals surface area contributed by atoms with Crippen LogP contribution < -0.4 is 5.32 Å². The SMILES string of the molecule is O=C(CCCN1C(=O)c2ccccc2C1=O)NCCCCc1ccccc1Cl. The quantitative estimate of drug-likeness (QED) is 0.515. The van der Waals surface area contributed by atoms with Gasteiger partial charge < -0.3 is 5.32 Å². The van der Waals surface area contributed by atoms with Gasteiger partial charge in [0.15, 0.2) is 0 Å². The number of imide groups is 1. The van der Waals surface area contributed by atoms with Crippen molar-refractivity contribution in [2.24, 2.45) is 0 Å². The van der Waals surface area contributed by atoms with Crippen molar-refractivity contribution in [3.05, 3.63) is 70.2 Å². The smallest absolute Gasteiger partial charge is 0.261 e. The monoisotopic (exact) mass is 398 g/mol. The summed E-state index contributed by atoms with van der Waals surface area (Å²) in [5.74, 6) is -0.615. The first-order valence-corrected chi connectivity index (χ1v) is 9.91. The molecule has 0 bridgehead atoms. The van der Waals surface area contributed by atoms with Gasteiger partial charge >= 0.3 is 0 Å². The lowest BCUT2D eigenvalue weighted by molar-refractivity contribution is -0.121. The maximum Gasteiger partial charge on any atom is 0.261 e. The molecule has 0 spiro atoms. The van der Waals surface area contributed by atoms with Gasteiger partial charge in [0.1, 0.15) is 0 Å². The van der Waals surface area contributed by atoms with Gasteiger partial charge in [-0.2, -0.15) is 0 Å². The second kappa shape index (κ2) is 9.51. The summed E-state index contributed by atoms with van der Waals surface area (Å²) in [5.41, 5.74) is 2.00.